The topological polar surface area (TPSA) is 50.2 Å². The van der Waals surface area contributed by atoms with Crippen molar-refractivity contribution in [1.29, 1.82) is 0 Å². The van der Waals surface area contributed by atoms with Crippen LogP contribution in [0.1, 0.15) is 63.7 Å². The van der Waals surface area contributed by atoms with Gasteiger partial charge in [-0.15, -0.1) is 0 Å². The van der Waals surface area contributed by atoms with Crippen LogP contribution in [0.5, 0.6) is 0 Å². The summed E-state index contributed by atoms with van der Waals surface area (Å²) in [7, 11) is 0. The van der Waals surface area contributed by atoms with Crippen molar-refractivity contribution in [2.45, 2.75) is 58.0 Å². The Labute approximate surface area is 156 Å². The molecule has 26 heavy (non-hydrogen) atoms. The summed E-state index contributed by atoms with van der Waals surface area (Å²) in [5, 5.41) is 3.15. The number of nitrogens with one attached hydrogen (secondary N) is 1. The minimum atomic E-state index is -0.00913. The van der Waals surface area contributed by atoms with Crippen molar-refractivity contribution < 1.29 is 4.79 Å². The highest BCUT2D eigenvalue weighted by molar-refractivity contribution is 5.74. The number of benzene rings is 1. The summed E-state index contributed by atoms with van der Waals surface area (Å²) < 4.78 is 2.11. The molecule has 1 saturated heterocycles. The second-order valence-electron chi connectivity index (χ2n) is 8.30. The molecule has 0 saturated carbocycles. The van der Waals surface area contributed by atoms with E-state index in [1.807, 2.05) is 24.3 Å². The van der Waals surface area contributed by atoms with Crippen molar-refractivity contribution >= 4 is 6.03 Å². The molecule has 0 bridgehead atoms. The van der Waals surface area contributed by atoms with Crippen LogP contribution in [0.2, 0.25) is 0 Å². The van der Waals surface area contributed by atoms with Gasteiger partial charge in [0, 0.05) is 25.5 Å². The van der Waals surface area contributed by atoms with Crippen LogP contribution in [-0.4, -0.2) is 33.6 Å². The van der Waals surface area contributed by atoms with Gasteiger partial charge in [0.15, 0.2) is 0 Å². The van der Waals surface area contributed by atoms with Crippen molar-refractivity contribution in [1.82, 2.24) is 19.8 Å². The third-order valence-corrected chi connectivity index (χ3v) is 5.25. The summed E-state index contributed by atoms with van der Waals surface area (Å²) >= 11 is 0. The average Bonchev–Trinajstić information content (AvgIpc) is 3.16. The molecule has 140 valence electrons. The van der Waals surface area contributed by atoms with Gasteiger partial charge in [-0.1, -0.05) is 45.0 Å². The van der Waals surface area contributed by atoms with Crippen LogP contribution in [0.25, 0.3) is 0 Å². The minimum absolute atomic E-state index is 0.00913. The van der Waals surface area contributed by atoms with Gasteiger partial charge >= 0.3 is 6.03 Å². The SMILES string of the molecule is CC(NC(=O)N1CCCC(n2ccnc2)C1)c1ccc(C(C)(C)C)cc1. The molecule has 1 aliphatic rings. The number of hydrogen-bond acceptors (Lipinski definition) is 2. The van der Waals surface area contributed by atoms with Gasteiger partial charge in [-0.2, -0.15) is 0 Å². The Bertz CT molecular complexity index is 715. The molecule has 3 rings (SSSR count). The van der Waals surface area contributed by atoms with Crippen LogP contribution in [0.4, 0.5) is 4.79 Å². The number of carbonyl (C=O) groups excluding carboxylic acids is 1. The Morgan fingerprint density at radius 3 is 2.62 bits per heavy atom. The molecule has 2 unspecified atom stereocenters. The van der Waals surface area contributed by atoms with Gasteiger partial charge in [0.05, 0.1) is 18.4 Å². The Hall–Kier alpha value is -2.30. The highest BCUT2D eigenvalue weighted by Gasteiger charge is 2.25. The lowest BCUT2D eigenvalue weighted by Crippen LogP contribution is -2.46. The number of nitrogens with zero attached hydrogens (tertiary/aromatic N) is 3. The van der Waals surface area contributed by atoms with Crippen LogP contribution >= 0.6 is 0 Å². The number of piperidine rings is 1. The molecule has 2 atom stereocenters. The van der Waals surface area contributed by atoms with Crippen LogP contribution in [-0.2, 0) is 5.41 Å². The van der Waals surface area contributed by atoms with Crippen LogP contribution < -0.4 is 5.32 Å². The second kappa shape index (κ2) is 7.52. The monoisotopic (exact) mass is 354 g/mol. The van der Waals surface area contributed by atoms with E-state index < -0.39 is 0 Å². The van der Waals surface area contributed by atoms with Crippen LogP contribution in [0.15, 0.2) is 43.0 Å². The van der Waals surface area contributed by atoms with E-state index in [4.69, 9.17) is 0 Å². The maximum atomic E-state index is 12.7. The first-order valence-electron chi connectivity index (χ1n) is 9.48. The molecule has 0 spiro atoms. The number of hydrogen-bond donors (Lipinski definition) is 1. The van der Waals surface area contributed by atoms with Crippen molar-refractivity contribution in [2.75, 3.05) is 13.1 Å². The Kier molecular flexibility index (Phi) is 5.35. The molecule has 1 aromatic carbocycles. The smallest absolute Gasteiger partial charge is 0.317 e. The lowest BCUT2D eigenvalue weighted by atomic mass is 9.86. The molecular weight excluding hydrogens is 324 g/mol. The predicted molar refractivity (Wildman–Crippen MR) is 104 cm³/mol. The number of imidazole rings is 1. The summed E-state index contributed by atoms with van der Waals surface area (Å²) in [6.07, 6.45) is 7.72. The highest BCUT2D eigenvalue weighted by Crippen LogP contribution is 2.25. The number of rotatable bonds is 3. The van der Waals surface area contributed by atoms with Crippen molar-refractivity contribution in [3.63, 3.8) is 0 Å². The fourth-order valence-electron chi connectivity index (χ4n) is 3.50. The van der Waals surface area contributed by atoms with E-state index in [1.165, 1.54) is 5.56 Å². The molecule has 0 aliphatic carbocycles. The number of carbonyl (C=O) groups is 1. The summed E-state index contributed by atoms with van der Waals surface area (Å²) in [4.78, 5) is 18.8. The van der Waals surface area contributed by atoms with Gasteiger partial charge in [-0.25, -0.2) is 9.78 Å². The third kappa shape index (κ3) is 4.26. The summed E-state index contributed by atoms with van der Waals surface area (Å²) in [5.74, 6) is 0. The van der Waals surface area contributed by atoms with Gasteiger partial charge in [0.25, 0.3) is 0 Å². The molecule has 0 radical (unpaired) electrons. The summed E-state index contributed by atoms with van der Waals surface area (Å²) in [6.45, 7) is 10.2. The molecule has 1 aliphatic heterocycles. The number of amides is 2. The van der Waals surface area contributed by atoms with Crippen molar-refractivity contribution in [3.8, 4) is 0 Å². The van der Waals surface area contributed by atoms with E-state index in [1.54, 1.807) is 6.20 Å². The zero-order valence-corrected chi connectivity index (χ0v) is 16.3. The van der Waals surface area contributed by atoms with Crippen molar-refractivity contribution in [3.05, 3.63) is 54.1 Å². The third-order valence-electron chi connectivity index (χ3n) is 5.25. The zero-order chi connectivity index (χ0) is 18.7. The number of urea groups is 1. The second-order valence-corrected chi connectivity index (χ2v) is 8.30. The van der Waals surface area contributed by atoms with E-state index in [-0.39, 0.29) is 17.5 Å². The molecule has 5 heteroatoms. The molecule has 2 amide bonds. The van der Waals surface area contributed by atoms with Crippen LogP contribution in [0.3, 0.4) is 0 Å². The lowest BCUT2D eigenvalue weighted by Gasteiger charge is -2.34. The van der Waals surface area contributed by atoms with Crippen LogP contribution in [0, 0.1) is 0 Å². The van der Waals surface area contributed by atoms with E-state index in [2.05, 4.69) is 59.9 Å². The maximum Gasteiger partial charge on any atom is 0.317 e. The summed E-state index contributed by atoms with van der Waals surface area (Å²) in [6, 6.07) is 8.89. The zero-order valence-electron chi connectivity index (χ0n) is 16.3. The molecule has 1 aromatic heterocycles. The molecule has 1 N–H and O–H groups in total. The largest absolute Gasteiger partial charge is 0.333 e. The van der Waals surface area contributed by atoms with E-state index in [0.717, 1.165) is 31.5 Å². The van der Waals surface area contributed by atoms with Crippen molar-refractivity contribution in [2.24, 2.45) is 0 Å². The molecule has 5 nitrogen and oxygen atoms in total. The quantitative estimate of drug-likeness (QED) is 0.894. The molecular formula is C21H30N4O. The summed E-state index contributed by atoms with van der Waals surface area (Å²) in [5.41, 5.74) is 2.58. The van der Waals surface area contributed by atoms with Gasteiger partial charge in [0.1, 0.15) is 0 Å². The van der Waals surface area contributed by atoms with Gasteiger partial charge in [-0.3, -0.25) is 0 Å². The lowest BCUT2D eigenvalue weighted by molar-refractivity contribution is 0.164. The molecule has 1 fully saturated rings. The standard InChI is InChI=1S/C21H30N4O/c1-16(17-7-9-18(10-8-17)21(2,3)4)23-20(26)24-12-5-6-19(14-24)25-13-11-22-15-25/h7-11,13,15-16,19H,5-6,12,14H2,1-4H3,(H,23,26). The van der Waals surface area contributed by atoms with E-state index in [9.17, 15) is 4.79 Å². The van der Waals surface area contributed by atoms with E-state index in [0.29, 0.717) is 6.04 Å². The molecule has 2 aromatic rings. The Morgan fingerprint density at radius 2 is 2.00 bits per heavy atom. The van der Waals surface area contributed by atoms with E-state index >= 15 is 0 Å². The Balaban J connectivity index is 1.60. The first-order chi connectivity index (χ1) is 12.3. The minimum Gasteiger partial charge on any atom is -0.333 e. The fraction of sp³-hybridized carbons (Fsp3) is 0.524. The number of likely N-dealkylation sites (tertiary alicyclic amines) is 1. The van der Waals surface area contributed by atoms with Gasteiger partial charge < -0.3 is 14.8 Å². The highest BCUT2D eigenvalue weighted by atomic mass is 16.2. The molecule has 2 heterocycles. The van der Waals surface area contributed by atoms with Gasteiger partial charge in [-0.05, 0) is 36.3 Å². The Morgan fingerprint density at radius 1 is 1.27 bits per heavy atom. The fourth-order valence-corrected chi connectivity index (χ4v) is 3.50. The van der Waals surface area contributed by atoms with Gasteiger partial charge in [0.2, 0.25) is 0 Å². The number of aromatic nitrogens is 2. The maximum absolute atomic E-state index is 12.7. The first kappa shape index (κ1) is 18.5. The normalized spacial score (nSPS) is 19.2. The first-order valence-corrected chi connectivity index (χ1v) is 9.48. The average molecular weight is 354 g/mol. The predicted octanol–water partition coefficient (Wildman–Crippen LogP) is 4.29.